The Morgan fingerprint density at radius 2 is 1.69 bits per heavy atom. The number of aliphatic hydroxyl groups excluding tert-OH is 1. The van der Waals surface area contributed by atoms with Gasteiger partial charge in [-0.2, -0.15) is 0 Å². The highest BCUT2D eigenvalue weighted by molar-refractivity contribution is 5.50. The fourth-order valence-electron chi connectivity index (χ4n) is 3.43. The monoisotopic (exact) mass is 362 g/mol. The molecule has 0 aliphatic carbocycles. The minimum absolute atomic E-state index is 0.0221. The van der Waals surface area contributed by atoms with Crippen LogP contribution >= 0.6 is 0 Å². The Morgan fingerprint density at radius 3 is 2.19 bits per heavy atom. The lowest BCUT2D eigenvalue weighted by atomic mass is 9.78. The number of hydrogen-bond donors (Lipinski definition) is 2. The fourth-order valence-corrected chi connectivity index (χ4v) is 3.43. The lowest BCUT2D eigenvalue weighted by molar-refractivity contribution is 0.102. The molecular formula is C22H38N2O2. The molecule has 1 saturated heterocycles. The first-order valence-corrected chi connectivity index (χ1v) is 9.97. The highest BCUT2D eigenvalue weighted by Crippen LogP contribution is 2.41. The second-order valence-electron chi connectivity index (χ2n) is 9.44. The van der Waals surface area contributed by atoms with Gasteiger partial charge in [-0.25, -0.2) is 0 Å². The van der Waals surface area contributed by atoms with E-state index in [4.69, 9.17) is 4.74 Å². The van der Waals surface area contributed by atoms with Crippen LogP contribution in [0, 0.1) is 0 Å². The topological polar surface area (TPSA) is 44.7 Å². The molecule has 2 N–H and O–H groups in total. The quantitative estimate of drug-likeness (QED) is 0.840. The summed E-state index contributed by atoms with van der Waals surface area (Å²) in [5.74, 6) is 0.871. The maximum absolute atomic E-state index is 11.1. The van der Waals surface area contributed by atoms with Crippen LogP contribution in [0.25, 0.3) is 0 Å². The maximum atomic E-state index is 11.1. The minimum Gasteiger partial charge on any atom is -0.493 e. The van der Waals surface area contributed by atoms with E-state index in [9.17, 15) is 5.11 Å². The Labute approximate surface area is 159 Å². The molecule has 1 aromatic carbocycles. The molecule has 1 unspecified atom stereocenters. The van der Waals surface area contributed by atoms with E-state index in [0.717, 1.165) is 37.5 Å². The van der Waals surface area contributed by atoms with Crippen molar-refractivity contribution in [1.82, 2.24) is 10.2 Å². The van der Waals surface area contributed by atoms with Crippen molar-refractivity contribution < 1.29 is 9.84 Å². The van der Waals surface area contributed by atoms with E-state index >= 15 is 0 Å². The van der Waals surface area contributed by atoms with Crippen LogP contribution in [-0.2, 0) is 10.8 Å². The molecule has 1 heterocycles. The number of ether oxygens (including phenoxy) is 1. The van der Waals surface area contributed by atoms with Crippen molar-refractivity contribution in [3.8, 4) is 5.75 Å². The summed E-state index contributed by atoms with van der Waals surface area (Å²) in [6.45, 7) is 20.5. The Bertz CT molecular complexity index is 593. The van der Waals surface area contributed by atoms with Gasteiger partial charge in [0.2, 0.25) is 0 Å². The first-order valence-electron chi connectivity index (χ1n) is 9.97. The molecule has 1 aliphatic rings. The molecule has 0 bridgehead atoms. The molecule has 0 aromatic heterocycles. The van der Waals surface area contributed by atoms with Gasteiger partial charge < -0.3 is 15.2 Å². The average molecular weight is 363 g/mol. The van der Waals surface area contributed by atoms with Crippen molar-refractivity contribution in [1.29, 1.82) is 0 Å². The van der Waals surface area contributed by atoms with Crippen LogP contribution in [0.3, 0.4) is 0 Å². The van der Waals surface area contributed by atoms with Crippen molar-refractivity contribution in [3.05, 3.63) is 28.8 Å². The Hall–Kier alpha value is -1.10. The standard InChI is InChI=1S/C22H38N2O2/c1-8-26-20-17(19(25)15-24-11-9-23-10-12-24)13-16(21(2,3)4)14-18(20)22(5,6)7/h13-14,19,23,25H,8-12,15H2,1-7H3. The number of benzene rings is 1. The summed E-state index contributed by atoms with van der Waals surface area (Å²) in [6.07, 6.45) is -0.543. The van der Waals surface area contributed by atoms with Crippen LogP contribution in [-0.4, -0.2) is 49.3 Å². The lowest BCUT2D eigenvalue weighted by Crippen LogP contribution is -2.45. The molecule has 26 heavy (non-hydrogen) atoms. The molecule has 1 aliphatic heterocycles. The third-order valence-electron chi connectivity index (χ3n) is 5.08. The second kappa shape index (κ2) is 8.28. The normalized spacial score (nSPS) is 18.0. The van der Waals surface area contributed by atoms with E-state index in [1.807, 2.05) is 6.92 Å². The predicted molar refractivity (Wildman–Crippen MR) is 109 cm³/mol. The van der Waals surface area contributed by atoms with E-state index in [0.29, 0.717) is 13.2 Å². The molecule has 0 saturated carbocycles. The third-order valence-corrected chi connectivity index (χ3v) is 5.08. The van der Waals surface area contributed by atoms with Crippen molar-refractivity contribution >= 4 is 0 Å². The Morgan fingerprint density at radius 1 is 1.08 bits per heavy atom. The van der Waals surface area contributed by atoms with E-state index in [1.54, 1.807) is 0 Å². The first kappa shape index (κ1) is 21.2. The van der Waals surface area contributed by atoms with Crippen molar-refractivity contribution in [2.24, 2.45) is 0 Å². The molecule has 0 amide bonds. The van der Waals surface area contributed by atoms with Crippen LogP contribution < -0.4 is 10.1 Å². The number of nitrogens with one attached hydrogen (secondary N) is 1. The zero-order chi connectivity index (χ0) is 19.5. The first-order chi connectivity index (χ1) is 12.0. The van der Waals surface area contributed by atoms with Crippen LogP contribution in [0.5, 0.6) is 5.75 Å². The SMILES string of the molecule is CCOc1c(C(O)CN2CCNCC2)cc(C(C)(C)C)cc1C(C)(C)C. The fraction of sp³-hybridized carbons (Fsp3) is 0.727. The van der Waals surface area contributed by atoms with E-state index < -0.39 is 6.10 Å². The van der Waals surface area contributed by atoms with Crippen LogP contribution in [0.2, 0.25) is 0 Å². The van der Waals surface area contributed by atoms with Crippen LogP contribution in [0.15, 0.2) is 12.1 Å². The summed E-state index contributed by atoms with van der Waals surface area (Å²) in [6, 6.07) is 4.43. The van der Waals surface area contributed by atoms with Gasteiger partial charge in [0.1, 0.15) is 5.75 Å². The van der Waals surface area contributed by atoms with Gasteiger partial charge >= 0.3 is 0 Å². The zero-order valence-corrected chi connectivity index (χ0v) is 17.8. The van der Waals surface area contributed by atoms with Crippen LogP contribution in [0.4, 0.5) is 0 Å². The number of piperazine rings is 1. The average Bonchev–Trinajstić information content (AvgIpc) is 2.54. The minimum atomic E-state index is -0.543. The number of nitrogens with zero attached hydrogens (tertiary/aromatic N) is 1. The Balaban J connectivity index is 2.49. The smallest absolute Gasteiger partial charge is 0.128 e. The largest absolute Gasteiger partial charge is 0.493 e. The zero-order valence-electron chi connectivity index (χ0n) is 17.8. The van der Waals surface area contributed by atoms with Gasteiger partial charge in [0.05, 0.1) is 12.7 Å². The number of rotatable bonds is 5. The molecular weight excluding hydrogens is 324 g/mol. The van der Waals surface area contributed by atoms with Gasteiger partial charge in [0.25, 0.3) is 0 Å². The predicted octanol–water partition coefficient (Wildman–Crippen LogP) is 3.62. The van der Waals surface area contributed by atoms with Gasteiger partial charge in [-0.05, 0) is 29.4 Å². The molecule has 2 rings (SSSR count). The molecule has 1 fully saturated rings. The number of β-amino-alcohol motifs (C(OH)–C–C–N with tert-alkyl or cyclic N) is 1. The van der Waals surface area contributed by atoms with Crippen molar-refractivity contribution in [2.45, 2.75) is 65.4 Å². The molecule has 4 nitrogen and oxygen atoms in total. The van der Waals surface area contributed by atoms with E-state index in [2.05, 4.69) is 63.9 Å². The van der Waals surface area contributed by atoms with Crippen LogP contribution in [0.1, 0.15) is 71.3 Å². The number of aliphatic hydroxyl groups is 1. The summed E-state index contributed by atoms with van der Waals surface area (Å²) >= 11 is 0. The van der Waals surface area contributed by atoms with Gasteiger partial charge in [-0.3, -0.25) is 4.90 Å². The van der Waals surface area contributed by atoms with Crippen molar-refractivity contribution in [2.75, 3.05) is 39.3 Å². The van der Waals surface area contributed by atoms with Crippen molar-refractivity contribution in [3.63, 3.8) is 0 Å². The summed E-state index contributed by atoms with van der Waals surface area (Å²) in [7, 11) is 0. The maximum Gasteiger partial charge on any atom is 0.128 e. The lowest BCUT2D eigenvalue weighted by Gasteiger charge is -2.33. The molecule has 0 radical (unpaired) electrons. The summed E-state index contributed by atoms with van der Waals surface area (Å²) in [5, 5.41) is 14.5. The highest BCUT2D eigenvalue weighted by atomic mass is 16.5. The molecule has 1 atom stereocenters. The van der Waals surface area contributed by atoms with E-state index in [-0.39, 0.29) is 10.8 Å². The third kappa shape index (κ3) is 5.21. The van der Waals surface area contributed by atoms with Gasteiger partial charge in [0, 0.05) is 43.9 Å². The summed E-state index contributed by atoms with van der Waals surface area (Å²) < 4.78 is 6.08. The molecule has 148 valence electrons. The number of hydrogen-bond acceptors (Lipinski definition) is 4. The van der Waals surface area contributed by atoms with Gasteiger partial charge in [-0.15, -0.1) is 0 Å². The molecule has 0 spiro atoms. The second-order valence-corrected chi connectivity index (χ2v) is 9.44. The highest BCUT2D eigenvalue weighted by Gasteiger charge is 2.29. The summed E-state index contributed by atoms with van der Waals surface area (Å²) in [5.41, 5.74) is 3.34. The van der Waals surface area contributed by atoms with Gasteiger partial charge in [0.15, 0.2) is 0 Å². The molecule has 4 heteroatoms. The summed E-state index contributed by atoms with van der Waals surface area (Å²) in [4.78, 5) is 2.33. The van der Waals surface area contributed by atoms with E-state index in [1.165, 1.54) is 11.1 Å². The molecule has 1 aromatic rings. The van der Waals surface area contributed by atoms with Gasteiger partial charge in [-0.1, -0.05) is 47.6 Å². The Kier molecular flexibility index (Phi) is 6.75.